The second kappa shape index (κ2) is 5.19. The van der Waals surface area contributed by atoms with E-state index in [0.717, 1.165) is 0 Å². The van der Waals surface area contributed by atoms with Gasteiger partial charge >= 0.3 is 0 Å². The number of nitrogens with zero attached hydrogens (tertiary/aromatic N) is 1. The predicted molar refractivity (Wildman–Crippen MR) is 93.4 cm³/mol. The topological polar surface area (TPSA) is 4.93 Å². The minimum Gasteiger partial charge on any atom is -0.316 e. The summed E-state index contributed by atoms with van der Waals surface area (Å²) in [5.41, 5.74) is 6.28. The van der Waals surface area contributed by atoms with Crippen LogP contribution in [0.4, 0.5) is 0 Å². The van der Waals surface area contributed by atoms with Crippen LogP contribution < -0.4 is 0 Å². The Kier molecular flexibility index (Phi) is 3.05. The number of aromatic nitrogens is 1. The summed E-state index contributed by atoms with van der Waals surface area (Å²) >= 11 is 0. The molecule has 0 aliphatic heterocycles. The van der Waals surface area contributed by atoms with E-state index in [2.05, 4.69) is 96.6 Å². The first kappa shape index (κ1) is 12.9. The van der Waals surface area contributed by atoms with Crippen LogP contribution in [0.5, 0.6) is 0 Å². The summed E-state index contributed by atoms with van der Waals surface area (Å²) in [5.74, 6) is 0. The Balaban J connectivity index is 1.91. The van der Waals surface area contributed by atoms with Gasteiger partial charge in [-0.15, -0.1) is 0 Å². The predicted octanol–water partition coefficient (Wildman–Crippen LogP) is 5.61. The van der Waals surface area contributed by atoms with E-state index in [-0.39, 0.29) is 0 Å². The summed E-state index contributed by atoms with van der Waals surface area (Å²) in [5, 5.41) is 1.31. The number of benzene rings is 3. The fraction of sp³-hybridized carbons (Fsp3) is 0.0476. The van der Waals surface area contributed by atoms with Gasteiger partial charge in [-0.05, 0) is 47.9 Å². The number of hydrogen-bond donors (Lipinski definition) is 0. The molecular formula is C21H17N. The van der Waals surface area contributed by atoms with Crippen molar-refractivity contribution in [2.75, 3.05) is 0 Å². The van der Waals surface area contributed by atoms with Crippen LogP contribution in [0.15, 0.2) is 85.1 Å². The Hall–Kier alpha value is -2.80. The largest absolute Gasteiger partial charge is 0.316 e. The summed E-state index contributed by atoms with van der Waals surface area (Å²) in [6.07, 6.45) is 2.22. The molecule has 0 aliphatic rings. The molecule has 0 aliphatic carbocycles. The van der Waals surface area contributed by atoms with Crippen LogP contribution in [0, 0.1) is 6.92 Å². The van der Waals surface area contributed by atoms with Crippen LogP contribution in [0.1, 0.15) is 5.56 Å². The highest BCUT2D eigenvalue weighted by molar-refractivity contribution is 5.89. The number of rotatable bonds is 2. The third-order valence-corrected chi connectivity index (χ3v) is 4.15. The third kappa shape index (κ3) is 2.11. The van der Waals surface area contributed by atoms with Gasteiger partial charge in [0, 0.05) is 17.3 Å². The van der Waals surface area contributed by atoms with Gasteiger partial charge in [0.2, 0.25) is 0 Å². The molecule has 0 unspecified atom stereocenters. The molecule has 4 aromatic rings. The molecule has 3 aromatic carbocycles. The van der Waals surface area contributed by atoms with E-state index in [1.165, 1.54) is 33.3 Å². The Morgan fingerprint density at radius 3 is 2.09 bits per heavy atom. The molecule has 0 fully saturated rings. The maximum Gasteiger partial charge on any atom is 0.0531 e. The summed E-state index contributed by atoms with van der Waals surface area (Å²) in [7, 11) is 0. The molecule has 4 rings (SSSR count). The molecule has 0 saturated heterocycles. The van der Waals surface area contributed by atoms with E-state index in [4.69, 9.17) is 0 Å². The molecule has 1 heterocycles. The van der Waals surface area contributed by atoms with Gasteiger partial charge in [0.15, 0.2) is 0 Å². The summed E-state index contributed by atoms with van der Waals surface area (Å²) in [6.45, 7) is 2.18. The zero-order valence-electron chi connectivity index (χ0n) is 12.5. The lowest BCUT2D eigenvalue weighted by molar-refractivity contribution is 1.12. The molecule has 0 atom stereocenters. The van der Waals surface area contributed by atoms with E-state index < -0.39 is 0 Å². The molecule has 1 aromatic heterocycles. The van der Waals surface area contributed by atoms with Crippen LogP contribution in [0.3, 0.4) is 0 Å². The van der Waals surface area contributed by atoms with Crippen LogP contribution >= 0.6 is 0 Å². The number of aryl methyl sites for hydroxylation is 1. The van der Waals surface area contributed by atoms with Crippen molar-refractivity contribution in [1.82, 2.24) is 4.57 Å². The first-order valence-electron chi connectivity index (χ1n) is 7.55. The lowest BCUT2D eigenvalue weighted by Gasteiger charge is -2.06. The number of para-hydroxylation sites is 1. The smallest absolute Gasteiger partial charge is 0.0531 e. The van der Waals surface area contributed by atoms with Crippen LogP contribution in [-0.4, -0.2) is 4.57 Å². The van der Waals surface area contributed by atoms with E-state index in [0.29, 0.717) is 0 Å². The Labute approximate surface area is 130 Å². The molecule has 0 radical (unpaired) electrons. The van der Waals surface area contributed by atoms with Crippen LogP contribution in [0.25, 0.3) is 27.7 Å². The Morgan fingerprint density at radius 2 is 1.36 bits per heavy atom. The normalized spacial score (nSPS) is 11.0. The number of fused-ring (bicyclic) bond motifs is 1. The van der Waals surface area contributed by atoms with E-state index in [9.17, 15) is 0 Å². The molecule has 0 N–H and O–H groups in total. The first-order valence-corrected chi connectivity index (χ1v) is 7.55. The third-order valence-electron chi connectivity index (χ3n) is 4.15. The molecule has 0 spiro atoms. The molecular weight excluding hydrogens is 266 g/mol. The van der Waals surface area contributed by atoms with Crippen LogP contribution in [-0.2, 0) is 0 Å². The van der Waals surface area contributed by atoms with Gasteiger partial charge in [0.1, 0.15) is 0 Å². The fourth-order valence-electron chi connectivity index (χ4n) is 3.01. The Bertz CT molecular complexity index is 918. The second-order valence-electron chi connectivity index (χ2n) is 5.62. The summed E-state index contributed by atoms with van der Waals surface area (Å²) in [6, 6.07) is 27.7. The maximum atomic E-state index is 2.29. The Morgan fingerprint density at radius 1 is 0.682 bits per heavy atom. The molecule has 1 nitrogen and oxygen atoms in total. The van der Waals surface area contributed by atoms with E-state index in [1.54, 1.807) is 0 Å². The minimum absolute atomic E-state index is 1.20. The van der Waals surface area contributed by atoms with E-state index >= 15 is 0 Å². The van der Waals surface area contributed by atoms with Crippen molar-refractivity contribution >= 4 is 10.9 Å². The fourth-order valence-corrected chi connectivity index (χ4v) is 3.01. The lowest BCUT2D eigenvalue weighted by atomic mass is 10.0. The zero-order valence-corrected chi connectivity index (χ0v) is 12.5. The van der Waals surface area contributed by atoms with Gasteiger partial charge in [-0.3, -0.25) is 0 Å². The van der Waals surface area contributed by atoms with E-state index in [1.807, 2.05) is 0 Å². The molecule has 0 amide bonds. The minimum atomic E-state index is 1.20. The second-order valence-corrected chi connectivity index (χ2v) is 5.62. The van der Waals surface area contributed by atoms with Crippen molar-refractivity contribution < 1.29 is 0 Å². The van der Waals surface area contributed by atoms with Crippen molar-refractivity contribution in [1.29, 1.82) is 0 Å². The lowest BCUT2D eigenvalue weighted by Crippen LogP contribution is -1.90. The van der Waals surface area contributed by atoms with Crippen molar-refractivity contribution in [3.05, 3.63) is 90.6 Å². The summed E-state index contributed by atoms with van der Waals surface area (Å²) < 4.78 is 2.26. The molecule has 1 heteroatoms. The highest BCUT2D eigenvalue weighted by Gasteiger charge is 2.08. The van der Waals surface area contributed by atoms with Crippen molar-refractivity contribution in [2.45, 2.75) is 6.92 Å². The standard InChI is InChI=1S/C21H17N/c1-16-15-22(19-10-6-3-7-11-19)21-13-12-18(14-20(16)21)17-8-4-2-5-9-17/h2-15H,1H3. The molecule has 22 heavy (non-hydrogen) atoms. The van der Waals surface area contributed by atoms with Gasteiger partial charge in [-0.2, -0.15) is 0 Å². The zero-order chi connectivity index (χ0) is 14.9. The van der Waals surface area contributed by atoms with Gasteiger partial charge < -0.3 is 4.57 Å². The van der Waals surface area contributed by atoms with Gasteiger partial charge in [0.05, 0.1) is 5.52 Å². The molecule has 106 valence electrons. The highest BCUT2D eigenvalue weighted by Crippen LogP contribution is 2.29. The maximum absolute atomic E-state index is 2.29. The van der Waals surface area contributed by atoms with Crippen molar-refractivity contribution in [3.8, 4) is 16.8 Å². The van der Waals surface area contributed by atoms with Crippen molar-refractivity contribution in [2.24, 2.45) is 0 Å². The SMILES string of the molecule is Cc1cn(-c2ccccc2)c2ccc(-c3ccccc3)cc12. The average Bonchev–Trinajstić information content (AvgIpc) is 2.93. The first-order chi connectivity index (χ1) is 10.8. The monoisotopic (exact) mass is 283 g/mol. The van der Waals surface area contributed by atoms with Gasteiger partial charge in [0.25, 0.3) is 0 Å². The number of hydrogen-bond acceptors (Lipinski definition) is 0. The quantitative estimate of drug-likeness (QED) is 0.451. The highest BCUT2D eigenvalue weighted by atomic mass is 15.0. The average molecular weight is 283 g/mol. The van der Waals surface area contributed by atoms with Gasteiger partial charge in [-0.25, -0.2) is 0 Å². The molecule has 0 bridgehead atoms. The van der Waals surface area contributed by atoms with Crippen molar-refractivity contribution in [3.63, 3.8) is 0 Å². The van der Waals surface area contributed by atoms with Crippen LogP contribution in [0.2, 0.25) is 0 Å². The summed E-state index contributed by atoms with van der Waals surface area (Å²) in [4.78, 5) is 0. The molecule has 0 saturated carbocycles. The van der Waals surface area contributed by atoms with Gasteiger partial charge in [-0.1, -0.05) is 54.6 Å².